The first-order valence-electron chi connectivity index (χ1n) is 9.75. The van der Waals surface area contributed by atoms with Crippen LogP contribution in [0.1, 0.15) is 24.5 Å². The number of pyridine rings is 1. The Morgan fingerprint density at radius 3 is 2.57 bits per heavy atom. The summed E-state index contributed by atoms with van der Waals surface area (Å²) >= 11 is 0. The van der Waals surface area contributed by atoms with Gasteiger partial charge in [0.1, 0.15) is 5.75 Å². The van der Waals surface area contributed by atoms with Crippen LogP contribution >= 0.6 is 0 Å². The predicted octanol–water partition coefficient (Wildman–Crippen LogP) is 2.51. The molecule has 1 aromatic heterocycles. The fraction of sp³-hybridized carbons (Fsp3) is 0.455. The molecular weight excluding hydrogens is 356 g/mol. The van der Waals surface area contributed by atoms with E-state index in [9.17, 15) is 9.59 Å². The van der Waals surface area contributed by atoms with Crippen LogP contribution in [0.4, 0.5) is 0 Å². The first-order valence-corrected chi connectivity index (χ1v) is 9.75. The Kier molecular flexibility index (Phi) is 5.22. The molecule has 2 aliphatic rings. The van der Waals surface area contributed by atoms with E-state index >= 15 is 0 Å². The van der Waals surface area contributed by atoms with Crippen LogP contribution in [-0.4, -0.2) is 49.3 Å². The topological polar surface area (TPSA) is 60.8 Å². The van der Waals surface area contributed by atoms with Gasteiger partial charge in [-0.05, 0) is 36.1 Å². The largest absolute Gasteiger partial charge is 0.497 e. The van der Waals surface area contributed by atoms with Gasteiger partial charge in [-0.3, -0.25) is 9.59 Å². The molecule has 6 heteroatoms. The van der Waals surface area contributed by atoms with Gasteiger partial charge in [0.15, 0.2) is 0 Å². The summed E-state index contributed by atoms with van der Waals surface area (Å²) in [6.45, 7) is 2.49. The van der Waals surface area contributed by atoms with Gasteiger partial charge in [-0.2, -0.15) is 0 Å². The van der Waals surface area contributed by atoms with E-state index < -0.39 is 0 Å². The number of hydrogen-bond acceptors (Lipinski definition) is 4. The quantitative estimate of drug-likeness (QED) is 0.797. The number of nitrogens with zero attached hydrogens (tertiary/aromatic N) is 2. The molecule has 0 radical (unpaired) electrons. The fourth-order valence-electron chi connectivity index (χ4n) is 4.58. The summed E-state index contributed by atoms with van der Waals surface area (Å²) in [7, 11) is 3.26. The molecule has 0 saturated carbocycles. The molecular formula is C22H26N2O4. The Morgan fingerprint density at radius 1 is 1.07 bits per heavy atom. The van der Waals surface area contributed by atoms with Gasteiger partial charge >= 0.3 is 0 Å². The van der Waals surface area contributed by atoms with Crippen LogP contribution in [-0.2, 0) is 16.1 Å². The maximum atomic E-state index is 12.6. The highest BCUT2D eigenvalue weighted by atomic mass is 16.5. The molecule has 2 bridgehead atoms. The molecule has 2 aromatic rings. The van der Waals surface area contributed by atoms with Crippen molar-refractivity contribution < 1.29 is 14.3 Å². The van der Waals surface area contributed by atoms with Gasteiger partial charge in [0.25, 0.3) is 5.56 Å². The van der Waals surface area contributed by atoms with Gasteiger partial charge in [0.2, 0.25) is 5.91 Å². The molecule has 4 rings (SSSR count). The molecule has 28 heavy (non-hydrogen) atoms. The lowest BCUT2D eigenvalue weighted by molar-refractivity contribution is -0.134. The fourth-order valence-corrected chi connectivity index (χ4v) is 4.58. The van der Waals surface area contributed by atoms with E-state index in [0.717, 1.165) is 35.5 Å². The van der Waals surface area contributed by atoms with E-state index in [0.29, 0.717) is 32.0 Å². The highest BCUT2D eigenvalue weighted by molar-refractivity contribution is 5.77. The number of fused-ring (bicyclic) bond motifs is 4. The molecule has 2 atom stereocenters. The number of amides is 1. The zero-order valence-corrected chi connectivity index (χ0v) is 16.4. The second-order valence-corrected chi connectivity index (χ2v) is 7.65. The summed E-state index contributed by atoms with van der Waals surface area (Å²) in [5.41, 5.74) is 3.22. The van der Waals surface area contributed by atoms with Gasteiger partial charge in [-0.15, -0.1) is 0 Å². The highest BCUT2D eigenvalue weighted by Crippen LogP contribution is 2.40. The minimum absolute atomic E-state index is 0.0427. The van der Waals surface area contributed by atoms with Crippen molar-refractivity contribution in [1.82, 2.24) is 9.47 Å². The maximum Gasteiger partial charge on any atom is 0.250 e. The van der Waals surface area contributed by atoms with Crippen LogP contribution in [0.5, 0.6) is 5.75 Å². The second-order valence-electron chi connectivity index (χ2n) is 7.65. The number of carbonyl (C=O) groups excluding carboxylic acids is 1. The standard InChI is InChI=1S/C22H26N2O4/c1-27-10-9-20(25)23-12-15-11-17(14-23)22-19(7-8-21(26)24(22)13-15)16-3-5-18(28-2)6-4-16/h3-8,15,17H,9-14H2,1-2H3. The van der Waals surface area contributed by atoms with E-state index in [1.54, 1.807) is 20.3 Å². The SMILES string of the molecule is COCCC(=O)N1CC2CC(C1)c1c(-c3ccc(OC)cc3)ccc(=O)n1C2. The lowest BCUT2D eigenvalue weighted by Gasteiger charge is -2.43. The molecule has 2 aliphatic heterocycles. The Labute approximate surface area is 164 Å². The van der Waals surface area contributed by atoms with E-state index in [1.807, 2.05) is 39.8 Å². The Bertz CT molecular complexity index is 919. The van der Waals surface area contributed by atoms with Crippen LogP contribution < -0.4 is 10.3 Å². The van der Waals surface area contributed by atoms with Crippen LogP contribution in [0, 0.1) is 5.92 Å². The normalized spacial score (nSPS) is 20.6. The molecule has 0 spiro atoms. The van der Waals surface area contributed by atoms with Crippen molar-refractivity contribution in [2.24, 2.45) is 5.92 Å². The van der Waals surface area contributed by atoms with Crippen molar-refractivity contribution >= 4 is 5.91 Å². The van der Waals surface area contributed by atoms with Gasteiger partial charge < -0.3 is 18.9 Å². The number of benzene rings is 1. The summed E-state index contributed by atoms with van der Waals surface area (Å²) in [5, 5.41) is 0. The number of methoxy groups -OCH3 is 2. The van der Waals surface area contributed by atoms with Crippen molar-refractivity contribution in [2.45, 2.75) is 25.3 Å². The summed E-state index contributed by atoms with van der Waals surface area (Å²) in [5.74, 6) is 1.43. The average Bonchev–Trinajstić information content (AvgIpc) is 2.72. The number of piperidine rings is 1. The van der Waals surface area contributed by atoms with E-state index in [1.165, 1.54) is 0 Å². The Balaban J connectivity index is 1.70. The van der Waals surface area contributed by atoms with E-state index in [4.69, 9.17) is 9.47 Å². The third-order valence-corrected chi connectivity index (χ3v) is 5.86. The van der Waals surface area contributed by atoms with Crippen molar-refractivity contribution in [3.63, 3.8) is 0 Å². The van der Waals surface area contributed by atoms with Gasteiger partial charge in [-0.1, -0.05) is 12.1 Å². The first kappa shape index (κ1) is 18.7. The van der Waals surface area contributed by atoms with Crippen LogP contribution in [0.15, 0.2) is 41.2 Å². The third kappa shape index (κ3) is 3.44. The monoisotopic (exact) mass is 382 g/mol. The minimum Gasteiger partial charge on any atom is -0.497 e. The van der Waals surface area contributed by atoms with Gasteiger partial charge in [0, 0.05) is 50.0 Å². The highest BCUT2D eigenvalue weighted by Gasteiger charge is 2.37. The summed E-state index contributed by atoms with van der Waals surface area (Å²) < 4.78 is 12.3. The number of ether oxygens (including phenoxy) is 2. The number of likely N-dealkylation sites (tertiary alicyclic amines) is 1. The van der Waals surface area contributed by atoms with Gasteiger partial charge in [0.05, 0.1) is 20.1 Å². The maximum absolute atomic E-state index is 12.6. The zero-order chi connectivity index (χ0) is 19.7. The molecule has 1 aromatic carbocycles. The minimum atomic E-state index is 0.0427. The van der Waals surface area contributed by atoms with Crippen molar-refractivity contribution in [1.29, 1.82) is 0 Å². The van der Waals surface area contributed by atoms with Crippen molar-refractivity contribution in [2.75, 3.05) is 33.9 Å². The van der Waals surface area contributed by atoms with Crippen LogP contribution in [0.25, 0.3) is 11.1 Å². The molecule has 1 fully saturated rings. The molecule has 1 amide bonds. The van der Waals surface area contributed by atoms with E-state index in [-0.39, 0.29) is 17.4 Å². The predicted molar refractivity (Wildman–Crippen MR) is 107 cm³/mol. The van der Waals surface area contributed by atoms with Crippen LogP contribution in [0.3, 0.4) is 0 Å². The van der Waals surface area contributed by atoms with Crippen molar-refractivity contribution in [3.05, 3.63) is 52.4 Å². The lowest BCUT2D eigenvalue weighted by Crippen LogP contribution is -2.49. The smallest absolute Gasteiger partial charge is 0.250 e. The number of carbonyl (C=O) groups is 1. The molecule has 148 valence electrons. The number of rotatable bonds is 5. The summed E-state index contributed by atoms with van der Waals surface area (Å²) in [6.07, 6.45) is 1.42. The summed E-state index contributed by atoms with van der Waals surface area (Å²) in [4.78, 5) is 27.1. The lowest BCUT2D eigenvalue weighted by atomic mass is 9.80. The van der Waals surface area contributed by atoms with E-state index in [2.05, 4.69) is 0 Å². The summed E-state index contributed by atoms with van der Waals surface area (Å²) in [6, 6.07) is 11.5. The molecule has 3 heterocycles. The molecule has 6 nitrogen and oxygen atoms in total. The van der Waals surface area contributed by atoms with Crippen LogP contribution in [0.2, 0.25) is 0 Å². The molecule has 0 aliphatic carbocycles. The average molecular weight is 382 g/mol. The Morgan fingerprint density at radius 2 is 1.86 bits per heavy atom. The third-order valence-electron chi connectivity index (χ3n) is 5.86. The first-order chi connectivity index (χ1) is 13.6. The molecule has 2 unspecified atom stereocenters. The molecule has 1 saturated heterocycles. The van der Waals surface area contributed by atoms with Gasteiger partial charge in [-0.25, -0.2) is 0 Å². The zero-order valence-electron chi connectivity index (χ0n) is 16.4. The molecule has 0 N–H and O–H groups in total. The van der Waals surface area contributed by atoms with Crippen molar-refractivity contribution in [3.8, 4) is 16.9 Å². The Hall–Kier alpha value is -2.60. The second kappa shape index (κ2) is 7.80. The number of aromatic nitrogens is 1. The number of hydrogen-bond donors (Lipinski definition) is 0.